The Balaban J connectivity index is 2.01. The molecule has 1 aliphatic rings. The maximum atomic E-state index is 11.4. The van der Waals surface area contributed by atoms with Crippen molar-refractivity contribution in [2.24, 2.45) is 0 Å². The first kappa shape index (κ1) is 14.0. The van der Waals surface area contributed by atoms with Crippen LogP contribution in [0.5, 0.6) is 5.75 Å². The molecule has 0 aromatic heterocycles. The number of fused-ring (bicyclic) bond motifs is 1. The van der Waals surface area contributed by atoms with Gasteiger partial charge in [0.1, 0.15) is 5.75 Å². The third kappa shape index (κ3) is 2.74. The molecule has 0 atom stereocenters. The largest absolute Gasteiger partial charge is 0.489 e. The van der Waals surface area contributed by atoms with E-state index in [4.69, 9.17) is 16.3 Å². The number of halogens is 1. The molecule has 1 heterocycles. The van der Waals surface area contributed by atoms with Crippen LogP contribution in [0.15, 0.2) is 36.4 Å². The Morgan fingerprint density at radius 1 is 1.24 bits per heavy atom. The van der Waals surface area contributed by atoms with Crippen LogP contribution in [0.2, 0.25) is 5.02 Å². The Hall–Kier alpha value is -2.00. The van der Waals surface area contributed by atoms with Gasteiger partial charge in [0.15, 0.2) is 0 Å². The molecule has 0 spiro atoms. The number of hydrogen-bond donors (Lipinski definition) is 1. The highest BCUT2D eigenvalue weighted by Crippen LogP contribution is 2.37. The van der Waals surface area contributed by atoms with Gasteiger partial charge in [-0.3, -0.25) is 4.79 Å². The molecule has 1 amide bonds. The van der Waals surface area contributed by atoms with Crippen molar-refractivity contribution >= 4 is 23.2 Å². The smallest absolute Gasteiger partial charge is 0.228 e. The van der Waals surface area contributed by atoms with E-state index in [9.17, 15) is 4.79 Å². The lowest BCUT2D eigenvalue weighted by Gasteiger charge is -2.14. The van der Waals surface area contributed by atoms with E-state index >= 15 is 0 Å². The van der Waals surface area contributed by atoms with Gasteiger partial charge in [0.2, 0.25) is 5.91 Å². The van der Waals surface area contributed by atoms with E-state index in [1.165, 1.54) is 0 Å². The van der Waals surface area contributed by atoms with Gasteiger partial charge in [-0.2, -0.15) is 0 Å². The van der Waals surface area contributed by atoms with Gasteiger partial charge in [-0.1, -0.05) is 29.8 Å². The molecule has 1 aliphatic heterocycles. The molecule has 0 unspecified atom stereocenters. The first-order valence-electron chi connectivity index (χ1n) is 6.93. The van der Waals surface area contributed by atoms with Crippen molar-refractivity contribution in [1.29, 1.82) is 0 Å². The van der Waals surface area contributed by atoms with Gasteiger partial charge in [0.25, 0.3) is 0 Å². The molecule has 0 radical (unpaired) electrons. The van der Waals surface area contributed by atoms with E-state index in [2.05, 4.69) is 5.32 Å². The van der Waals surface area contributed by atoms with E-state index in [1.807, 2.05) is 50.2 Å². The zero-order valence-corrected chi connectivity index (χ0v) is 12.7. The fourth-order valence-electron chi connectivity index (χ4n) is 2.48. The van der Waals surface area contributed by atoms with E-state index in [0.29, 0.717) is 17.2 Å². The topological polar surface area (TPSA) is 38.3 Å². The molecule has 0 saturated carbocycles. The lowest BCUT2D eigenvalue weighted by molar-refractivity contribution is -0.115. The highest BCUT2D eigenvalue weighted by molar-refractivity contribution is 6.34. The van der Waals surface area contributed by atoms with Crippen molar-refractivity contribution in [3.05, 3.63) is 47.0 Å². The first-order valence-corrected chi connectivity index (χ1v) is 7.30. The fourth-order valence-corrected chi connectivity index (χ4v) is 2.76. The monoisotopic (exact) mass is 301 g/mol. The predicted molar refractivity (Wildman–Crippen MR) is 85.0 cm³/mol. The van der Waals surface area contributed by atoms with Crippen LogP contribution < -0.4 is 10.1 Å². The lowest BCUT2D eigenvalue weighted by Crippen LogP contribution is -2.06. The van der Waals surface area contributed by atoms with Gasteiger partial charge in [0, 0.05) is 11.3 Å². The molecule has 1 N–H and O–H groups in total. The number of anilines is 1. The molecule has 0 saturated heterocycles. The summed E-state index contributed by atoms with van der Waals surface area (Å²) in [5, 5.41) is 3.43. The third-order valence-electron chi connectivity index (χ3n) is 3.37. The molecule has 0 fully saturated rings. The number of amides is 1. The van der Waals surface area contributed by atoms with Gasteiger partial charge < -0.3 is 10.1 Å². The van der Waals surface area contributed by atoms with E-state index in [-0.39, 0.29) is 12.0 Å². The second-order valence-electron chi connectivity index (χ2n) is 5.38. The maximum absolute atomic E-state index is 11.4. The molecular weight excluding hydrogens is 286 g/mol. The Morgan fingerprint density at radius 2 is 2.05 bits per heavy atom. The number of carbonyl (C=O) groups is 1. The van der Waals surface area contributed by atoms with E-state index in [0.717, 1.165) is 22.4 Å². The standard InChI is InChI=1S/C17H16ClNO2/c1-10(2)21-15-5-3-4-13(17(15)18)11-6-7-14-12(8-11)9-16(20)19-14/h3-8,10H,9H2,1-2H3,(H,19,20). The quantitative estimate of drug-likeness (QED) is 0.918. The zero-order chi connectivity index (χ0) is 15.0. The normalized spacial score (nSPS) is 13.2. The predicted octanol–water partition coefficient (Wildman–Crippen LogP) is 4.29. The molecule has 3 nitrogen and oxygen atoms in total. The highest BCUT2D eigenvalue weighted by atomic mass is 35.5. The summed E-state index contributed by atoms with van der Waals surface area (Å²) in [7, 11) is 0. The minimum absolute atomic E-state index is 0.0325. The van der Waals surface area contributed by atoms with Crippen LogP contribution in [0.4, 0.5) is 5.69 Å². The number of carbonyl (C=O) groups excluding carboxylic acids is 1. The van der Waals surface area contributed by atoms with Crippen molar-refractivity contribution in [3.8, 4) is 16.9 Å². The molecule has 0 aliphatic carbocycles. The summed E-state index contributed by atoms with van der Waals surface area (Å²) in [6.45, 7) is 3.94. The molecule has 21 heavy (non-hydrogen) atoms. The summed E-state index contributed by atoms with van der Waals surface area (Å²) < 4.78 is 5.72. The zero-order valence-electron chi connectivity index (χ0n) is 11.9. The van der Waals surface area contributed by atoms with Crippen molar-refractivity contribution in [2.75, 3.05) is 5.32 Å². The molecule has 2 aromatic carbocycles. The minimum Gasteiger partial charge on any atom is -0.489 e. The van der Waals surface area contributed by atoms with Crippen LogP contribution >= 0.6 is 11.6 Å². The van der Waals surface area contributed by atoms with Gasteiger partial charge in [-0.15, -0.1) is 0 Å². The average Bonchev–Trinajstić information content (AvgIpc) is 2.79. The third-order valence-corrected chi connectivity index (χ3v) is 3.76. The fraction of sp³-hybridized carbons (Fsp3) is 0.235. The van der Waals surface area contributed by atoms with Crippen LogP contribution in [0.1, 0.15) is 19.4 Å². The van der Waals surface area contributed by atoms with Crippen LogP contribution in [0.3, 0.4) is 0 Å². The Bertz CT molecular complexity index is 710. The van der Waals surface area contributed by atoms with Crippen LogP contribution in [-0.2, 0) is 11.2 Å². The van der Waals surface area contributed by atoms with Gasteiger partial charge in [-0.05, 0) is 43.2 Å². The molecule has 2 aromatic rings. The highest BCUT2D eigenvalue weighted by Gasteiger charge is 2.19. The van der Waals surface area contributed by atoms with Crippen molar-refractivity contribution in [1.82, 2.24) is 0 Å². The average molecular weight is 302 g/mol. The summed E-state index contributed by atoms with van der Waals surface area (Å²) >= 11 is 6.46. The lowest BCUT2D eigenvalue weighted by atomic mass is 10.0. The number of ether oxygens (including phenoxy) is 1. The molecule has 0 bridgehead atoms. The van der Waals surface area contributed by atoms with Crippen molar-refractivity contribution in [2.45, 2.75) is 26.4 Å². The van der Waals surface area contributed by atoms with Crippen LogP contribution in [-0.4, -0.2) is 12.0 Å². The molecule has 108 valence electrons. The second-order valence-corrected chi connectivity index (χ2v) is 5.76. The Morgan fingerprint density at radius 3 is 2.81 bits per heavy atom. The summed E-state index contributed by atoms with van der Waals surface area (Å²) in [4.78, 5) is 11.4. The Kier molecular flexibility index (Phi) is 3.60. The van der Waals surface area contributed by atoms with Gasteiger partial charge >= 0.3 is 0 Å². The molecular formula is C17H16ClNO2. The number of hydrogen-bond acceptors (Lipinski definition) is 2. The van der Waals surface area contributed by atoms with Crippen molar-refractivity contribution in [3.63, 3.8) is 0 Å². The number of rotatable bonds is 3. The summed E-state index contributed by atoms with van der Waals surface area (Å²) in [6.07, 6.45) is 0.489. The molecule has 3 rings (SSSR count). The first-order chi connectivity index (χ1) is 10.0. The Labute approximate surface area is 128 Å². The minimum atomic E-state index is 0.0325. The van der Waals surface area contributed by atoms with Gasteiger partial charge in [0.05, 0.1) is 17.5 Å². The molecule has 4 heteroatoms. The number of nitrogens with one attached hydrogen (secondary N) is 1. The van der Waals surface area contributed by atoms with E-state index in [1.54, 1.807) is 0 Å². The summed E-state index contributed by atoms with van der Waals surface area (Å²) in [5.41, 5.74) is 3.79. The maximum Gasteiger partial charge on any atom is 0.228 e. The van der Waals surface area contributed by atoms with Crippen LogP contribution in [0.25, 0.3) is 11.1 Å². The SMILES string of the molecule is CC(C)Oc1cccc(-c2ccc3c(c2)CC(=O)N3)c1Cl. The van der Waals surface area contributed by atoms with Gasteiger partial charge in [-0.25, -0.2) is 0 Å². The van der Waals surface area contributed by atoms with Crippen LogP contribution in [0, 0.1) is 0 Å². The summed E-state index contributed by atoms with van der Waals surface area (Å²) in [6, 6.07) is 11.6. The second kappa shape index (κ2) is 5.41. The van der Waals surface area contributed by atoms with E-state index < -0.39 is 0 Å². The number of benzene rings is 2. The van der Waals surface area contributed by atoms with Crippen molar-refractivity contribution < 1.29 is 9.53 Å². The summed E-state index contributed by atoms with van der Waals surface area (Å²) in [5.74, 6) is 0.712.